The third kappa shape index (κ3) is 3.04. The summed E-state index contributed by atoms with van der Waals surface area (Å²) in [6.07, 6.45) is 0.315. The van der Waals surface area contributed by atoms with Crippen LogP contribution in [0.5, 0.6) is 0 Å². The molecule has 3 N–H and O–H groups in total. The normalized spacial score (nSPS) is 10.2. The number of anilines is 2. The highest BCUT2D eigenvalue weighted by Crippen LogP contribution is 2.20. The van der Waals surface area contributed by atoms with Gasteiger partial charge in [0.2, 0.25) is 5.91 Å². The Kier molecular flexibility index (Phi) is 3.39. The van der Waals surface area contributed by atoms with Gasteiger partial charge in [0.15, 0.2) is 5.13 Å². The van der Waals surface area contributed by atoms with Crippen LogP contribution in [0.2, 0.25) is 0 Å². The number of para-hydroxylation sites is 1. The molecule has 88 valence electrons. The molecule has 0 atom stereocenters. The Labute approximate surface area is 103 Å². The van der Waals surface area contributed by atoms with Gasteiger partial charge in [-0.15, -0.1) is 11.3 Å². The van der Waals surface area contributed by atoms with Gasteiger partial charge in [0, 0.05) is 10.6 Å². The number of hydrogen-bond acceptors (Lipinski definition) is 4. The summed E-state index contributed by atoms with van der Waals surface area (Å²) in [5.74, 6) is -0.0528. The summed E-state index contributed by atoms with van der Waals surface area (Å²) >= 11 is 1.36. The van der Waals surface area contributed by atoms with Crippen molar-refractivity contribution in [1.82, 2.24) is 4.98 Å². The van der Waals surface area contributed by atoms with Crippen LogP contribution in [0.15, 0.2) is 30.3 Å². The largest absolute Gasteiger partial charge is 0.375 e. The van der Waals surface area contributed by atoms with Gasteiger partial charge in [-0.05, 0) is 19.1 Å². The molecule has 0 bridgehead atoms. The molecule has 0 spiro atoms. The molecule has 2 rings (SSSR count). The minimum absolute atomic E-state index is 0.0528. The number of rotatable bonds is 3. The predicted octanol–water partition coefficient (Wildman–Crippen LogP) is 2.21. The second-order valence-corrected chi connectivity index (χ2v) is 4.77. The average molecular weight is 247 g/mol. The highest BCUT2D eigenvalue weighted by atomic mass is 32.1. The van der Waals surface area contributed by atoms with Crippen molar-refractivity contribution in [2.45, 2.75) is 13.3 Å². The quantitative estimate of drug-likeness (QED) is 0.873. The second kappa shape index (κ2) is 4.97. The highest BCUT2D eigenvalue weighted by Gasteiger charge is 2.10. The van der Waals surface area contributed by atoms with Gasteiger partial charge in [0.05, 0.1) is 12.1 Å². The summed E-state index contributed by atoms with van der Waals surface area (Å²) in [7, 11) is 0. The number of carbonyl (C=O) groups excluding carboxylic acids is 1. The number of thiazole rings is 1. The molecule has 0 aliphatic carbocycles. The third-order valence-corrected chi connectivity index (χ3v) is 3.27. The van der Waals surface area contributed by atoms with Gasteiger partial charge in [-0.3, -0.25) is 4.79 Å². The average Bonchev–Trinajstić information content (AvgIpc) is 2.58. The molecule has 0 saturated carbocycles. The fraction of sp³-hybridized carbons (Fsp3) is 0.167. The van der Waals surface area contributed by atoms with Crippen LogP contribution in [-0.4, -0.2) is 10.9 Å². The van der Waals surface area contributed by atoms with Crippen molar-refractivity contribution in [3.05, 3.63) is 40.9 Å². The zero-order chi connectivity index (χ0) is 12.3. The monoisotopic (exact) mass is 247 g/mol. The lowest BCUT2D eigenvalue weighted by atomic mass is 10.2. The van der Waals surface area contributed by atoms with Crippen molar-refractivity contribution >= 4 is 28.1 Å². The van der Waals surface area contributed by atoms with E-state index >= 15 is 0 Å². The van der Waals surface area contributed by atoms with E-state index in [-0.39, 0.29) is 5.91 Å². The Hall–Kier alpha value is -1.88. The van der Waals surface area contributed by atoms with Gasteiger partial charge in [-0.1, -0.05) is 18.2 Å². The van der Waals surface area contributed by atoms with Crippen LogP contribution < -0.4 is 11.1 Å². The lowest BCUT2D eigenvalue weighted by Gasteiger charge is -2.03. The summed E-state index contributed by atoms with van der Waals surface area (Å²) in [6.45, 7) is 1.86. The van der Waals surface area contributed by atoms with E-state index in [0.717, 1.165) is 16.3 Å². The number of benzene rings is 1. The van der Waals surface area contributed by atoms with Crippen molar-refractivity contribution in [3.8, 4) is 0 Å². The van der Waals surface area contributed by atoms with E-state index in [0.29, 0.717) is 11.6 Å². The Balaban J connectivity index is 2.01. The van der Waals surface area contributed by atoms with Crippen LogP contribution in [0, 0.1) is 6.92 Å². The number of nitrogens with zero attached hydrogens (tertiary/aromatic N) is 1. The van der Waals surface area contributed by atoms with E-state index in [9.17, 15) is 4.79 Å². The zero-order valence-corrected chi connectivity index (χ0v) is 10.3. The molecule has 1 aromatic heterocycles. The van der Waals surface area contributed by atoms with Gasteiger partial charge in [0.25, 0.3) is 0 Å². The van der Waals surface area contributed by atoms with Gasteiger partial charge in [-0.2, -0.15) is 0 Å². The molecule has 0 aliphatic rings. The number of aryl methyl sites for hydroxylation is 1. The van der Waals surface area contributed by atoms with Crippen molar-refractivity contribution in [2.24, 2.45) is 0 Å². The molecule has 0 aliphatic heterocycles. The van der Waals surface area contributed by atoms with Crippen LogP contribution in [-0.2, 0) is 11.2 Å². The minimum atomic E-state index is -0.0528. The molecule has 5 heteroatoms. The third-order valence-electron chi connectivity index (χ3n) is 2.29. The van der Waals surface area contributed by atoms with E-state index < -0.39 is 0 Å². The number of carbonyl (C=O) groups is 1. The van der Waals surface area contributed by atoms with Crippen molar-refractivity contribution in [3.63, 3.8) is 0 Å². The van der Waals surface area contributed by atoms with Gasteiger partial charge >= 0.3 is 0 Å². The lowest BCUT2D eigenvalue weighted by Crippen LogP contribution is -2.14. The predicted molar refractivity (Wildman–Crippen MR) is 70.0 cm³/mol. The summed E-state index contributed by atoms with van der Waals surface area (Å²) in [5, 5.41) is 3.33. The fourth-order valence-corrected chi connectivity index (χ4v) is 2.32. The minimum Gasteiger partial charge on any atom is -0.375 e. The van der Waals surface area contributed by atoms with Crippen LogP contribution in [0.4, 0.5) is 10.8 Å². The molecule has 0 radical (unpaired) electrons. The highest BCUT2D eigenvalue weighted by molar-refractivity contribution is 7.15. The molecule has 17 heavy (non-hydrogen) atoms. The van der Waals surface area contributed by atoms with Crippen molar-refractivity contribution in [1.29, 1.82) is 0 Å². The first kappa shape index (κ1) is 11.6. The zero-order valence-electron chi connectivity index (χ0n) is 9.43. The van der Waals surface area contributed by atoms with Crippen LogP contribution in [0.1, 0.15) is 10.6 Å². The summed E-state index contributed by atoms with van der Waals surface area (Å²) in [4.78, 5) is 16.8. The van der Waals surface area contributed by atoms with E-state index in [1.54, 1.807) is 0 Å². The SMILES string of the molecule is Cc1nc(N)sc1CC(=O)Nc1ccccc1. The Bertz CT molecular complexity index is 522. The molecule has 4 nitrogen and oxygen atoms in total. The number of nitrogens with two attached hydrogens (primary N) is 1. The van der Waals surface area contributed by atoms with Crippen molar-refractivity contribution in [2.75, 3.05) is 11.1 Å². The Morgan fingerprint density at radius 1 is 1.41 bits per heavy atom. The van der Waals surface area contributed by atoms with Gasteiger partial charge in [-0.25, -0.2) is 4.98 Å². The molecule has 0 saturated heterocycles. The molecule has 0 fully saturated rings. The summed E-state index contributed by atoms with van der Waals surface area (Å²) < 4.78 is 0. The standard InChI is InChI=1S/C12H13N3OS/c1-8-10(17-12(13)14-8)7-11(16)15-9-5-3-2-4-6-9/h2-6H,7H2,1H3,(H2,13,14)(H,15,16). The van der Waals surface area contributed by atoms with Gasteiger partial charge in [0.1, 0.15) is 0 Å². The fourth-order valence-electron chi connectivity index (χ4n) is 1.49. The lowest BCUT2D eigenvalue weighted by molar-refractivity contribution is -0.115. The second-order valence-electron chi connectivity index (χ2n) is 3.65. The van der Waals surface area contributed by atoms with Crippen LogP contribution in [0.3, 0.4) is 0 Å². The number of nitrogens with one attached hydrogen (secondary N) is 1. The van der Waals surface area contributed by atoms with E-state index in [1.165, 1.54) is 11.3 Å². The van der Waals surface area contributed by atoms with E-state index in [4.69, 9.17) is 5.73 Å². The van der Waals surface area contributed by atoms with Gasteiger partial charge < -0.3 is 11.1 Å². The number of nitrogen functional groups attached to an aromatic ring is 1. The summed E-state index contributed by atoms with van der Waals surface area (Å²) in [6, 6.07) is 9.37. The number of amides is 1. The molecule has 1 aromatic carbocycles. The van der Waals surface area contributed by atoms with Crippen LogP contribution >= 0.6 is 11.3 Å². The molecule has 1 amide bonds. The first-order valence-corrected chi connectivity index (χ1v) is 6.03. The molecule has 1 heterocycles. The molecule has 0 unspecified atom stereocenters. The maximum atomic E-state index is 11.8. The number of aromatic nitrogens is 1. The maximum absolute atomic E-state index is 11.8. The van der Waals surface area contributed by atoms with E-state index in [1.807, 2.05) is 37.3 Å². The number of hydrogen-bond donors (Lipinski definition) is 2. The van der Waals surface area contributed by atoms with Crippen LogP contribution in [0.25, 0.3) is 0 Å². The first-order valence-electron chi connectivity index (χ1n) is 5.22. The smallest absolute Gasteiger partial charge is 0.229 e. The molecular formula is C12H13N3OS. The Morgan fingerprint density at radius 2 is 2.12 bits per heavy atom. The van der Waals surface area contributed by atoms with Crippen molar-refractivity contribution < 1.29 is 4.79 Å². The topological polar surface area (TPSA) is 68.0 Å². The maximum Gasteiger partial charge on any atom is 0.229 e. The first-order chi connectivity index (χ1) is 8.15. The summed E-state index contributed by atoms with van der Waals surface area (Å²) in [5.41, 5.74) is 7.21. The molecule has 2 aromatic rings. The Morgan fingerprint density at radius 3 is 2.71 bits per heavy atom. The molecular weight excluding hydrogens is 234 g/mol. The van der Waals surface area contributed by atoms with E-state index in [2.05, 4.69) is 10.3 Å².